The van der Waals surface area contributed by atoms with Gasteiger partial charge >= 0.3 is 0 Å². The van der Waals surface area contributed by atoms with Gasteiger partial charge in [-0.05, 0) is 43.7 Å². The molecular weight excluding hydrogens is 346 g/mol. The highest BCUT2D eigenvalue weighted by atomic mass is 16.2. The zero-order chi connectivity index (χ0) is 19.1. The molecule has 4 amide bonds. The topological polar surface area (TPSA) is 95.6 Å². The Morgan fingerprint density at radius 3 is 2.30 bits per heavy atom. The average Bonchev–Trinajstić information content (AvgIpc) is 2.88. The summed E-state index contributed by atoms with van der Waals surface area (Å²) in [5.74, 6) is -2.03. The molecule has 2 aromatic carbocycles. The molecule has 7 heteroatoms. The van der Waals surface area contributed by atoms with E-state index in [1.165, 1.54) is 0 Å². The number of rotatable bonds is 3. The summed E-state index contributed by atoms with van der Waals surface area (Å²) in [6.45, 7) is 1.99. The molecule has 0 spiro atoms. The van der Waals surface area contributed by atoms with Gasteiger partial charge < -0.3 is 5.32 Å². The fraction of sp³-hybridized carbons (Fsp3) is 0.200. The van der Waals surface area contributed by atoms with E-state index >= 15 is 0 Å². The van der Waals surface area contributed by atoms with Gasteiger partial charge in [0, 0.05) is 17.8 Å². The van der Waals surface area contributed by atoms with Crippen LogP contribution >= 0.6 is 0 Å². The molecule has 2 N–H and O–H groups in total. The van der Waals surface area contributed by atoms with Crippen LogP contribution in [-0.4, -0.2) is 34.6 Å². The monoisotopic (exact) mass is 363 g/mol. The maximum atomic E-state index is 12.8. The van der Waals surface area contributed by atoms with Crippen molar-refractivity contribution in [3.8, 4) is 0 Å². The minimum Gasteiger partial charge on any atom is -0.356 e. The Morgan fingerprint density at radius 2 is 1.59 bits per heavy atom. The molecule has 0 radical (unpaired) electrons. The van der Waals surface area contributed by atoms with Crippen LogP contribution in [0.4, 0.5) is 11.4 Å². The predicted molar refractivity (Wildman–Crippen MR) is 97.6 cm³/mol. The minimum absolute atomic E-state index is 0.101. The van der Waals surface area contributed by atoms with Crippen molar-refractivity contribution in [2.24, 2.45) is 0 Å². The molecule has 1 fully saturated rings. The molecule has 0 saturated carbocycles. The van der Waals surface area contributed by atoms with Gasteiger partial charge in [0.05, 0.1) is 11.1 Å². The lowest BCUT2D eigenvalue weighted by Gasteiger charge is -2.27. The average molecular weight is 363 g/mol. The normalized spacial score (nSPS) is 19.1. The van der Waals surface area contributed by atoms with Crippen LogP contribution in [0.1, 0.15) is 39.1 Å². The second kappa shape index (κ2) is 6.35. The third-order valence-electron chi connectivity index (χ3n) is 4.78. The number of carbonyl (C=O) groups is 4. The number of nitrogens with zero attached hydrogens (tertiary/aromatic N) is 1. The van der Waals surface area contributed by atoms with Crippen LogP contribution < -0.4 is 10.6 Å². The Balaban J connectivity index is 1.60. The van der Waals surface area contributed by atoms with Crippen LogP contribution in [0.2, 0.25) is 0 Å². The summed E-state index contributed by atoms with van der Waals surface area (Å²) < 4.78 is 0. The molecule has 4 rings (SSSR count). The van der Waals surface area contributed by atoms with Crippen molar-refractivity contribution in [2.75, 3.05) is 5.32 Å². The number of hydrogen-bond donors (Lipinski definition) is 2. The fourth-order valence-corrected chi connectivity index (χ4v) is 3.35. The van der Waals surface area contributed by atoms with Gasteiger partial charge in [-0.2, -0.15) is 0 Å². The number of amides is 4. The van der Waals surface area contributed by atoms with E-state index in [-0.39, 0.29) is 24.0 Å². The van der Waals surface area contributed by atoms with Gasteiger partial charge in [0.2, 0.25) is 11.8 Å². The minimum atomic E-state index is -0.955. The highest BCUT2D eigenvalue weighted by Gasteiger charge is 2.44. The fourth-order valence-electron chi connectivity index (χ4n) is 3.35. The van der Waals surface area contributed by atoms with E-state index < -0.39 is 29.7 Å². The van der Waals surface area contributed by atoms with Crippen molar-refractivity contribution in [1.29, 1.82) is 0 Å². The summed E-state index contributed by atoms with van der Waals surface area (Å²) in [5, 5.41) is 5.39. The van der Waals surface area contributed by atoms with Crippen molar-refractivity contribution in [3.05, 3.63) is 59.2 Å². The van der Waals surface area contributed by atoms with Gasteiger partial charge in [0.25, 0.3) is 11.8 Å². The number of benzene rings is 2. The number of fused-ring (bicyclic) bond motifs is 1. The van der Waals surface area contributed by atoms with Crippen molar-refractivity contribution < 1.29 is 19.2 Å². The molecule has 2 aliphatic heterocycles. The first-order valence-corrected chi connectivity index (χ1v) is 8.63. The highest BCUT2D eigenvalue weighted by Crippen LogP contribution is 2.30. The second-order valence-corrected chi connectivity index (χ2v) is 6.70. The van der Waals surface area contributed by atoms with Crippen molar-refractivity contribution in [3.63, 3.8) is 0 Å². The summed E-state index contributed by atoms with van der Waals surface area (Å²) in [6.07, 6.45) is 0.245. The third-order valence-corrected chi connectivity index (χ3v) is 4.78. The van der Waals surface area contributed by atoms with E-state index in [0.717, 1.165) is 16.2 Å². The number of carbonyl (C=O) groups excluding carboxylic acids is 4. The van der Waals surface area contributed by atoms with Crippen LogP contribution in [0.15, 0.2) is 42.5 Å². The van der Waals surface area contributed by atoms with Gasteiger partial charge in [0.15, 0.2) is 0 Å². The first kappa shape index (κ1) is 17.0. The number of nitrogens with one attached hydrogen (secondary N) is 2. The summed E-state index contributed by atoms with van der Waals surface area (Å²) >= 11 is 0. The number of hydrogen-bond acceptors (Lipinski definition) is 5. The Bertz CT molecular complexity index is 981. The van der Waals surface area contributed by atoms with Crippen LogP contribution in [0.3, 0.4) is 0 Å². The van der Waals surface area contributed by atoms with Gasteiger partial charge in [-0.15, -0.1) is 0 Å². The molecule has 0 aliphatic carbocycles. The van der Waals surface area contributed by atoms with Crippen molar-refractivity contribution in [2.45, 2.75) is 25.8 Å². The Morgan fingerprint density at radius 1 is 0.926 bits per heavy atom. The molecule has 2 heterocycles. The Kier molecular flexibility index (Phi) is 3.99. The van der Waals surface area contributed by atoms with Gasteiger partial charge in [-0.25, -0.2) is 0 Å². The van der Waals surface area contributed by atoms with Crippen LogP contribution in [-0.2, 0) is 9.59 Å². The maximum absolute atomic E-state index is 12.8. The van der Waals surface area contributed by atoms with Crippen LogP contribution in [0.5, 0.6) is 0 Å². The van der Waals surface area contributed by atoms with Crippen LogP contribution in [0, 0.1) is 6.92 Å². The molecule has 136 valence electrons. The number of aryl methyl sites for hydroxylation is 1. The predicted octanol–water partition coefficient (Wildman–Crippen LogP) is 2.14. The van der Waals surface area contributed by atoms with E-state index in [2.05, 4.69) is 10.6 Å². The van der Waals surface area contributed by atoms with E-state index in [1.807, 2.05) is 31.2 Å². The lowest BCUT2D eigenvalue weighted by atomic mass is 10.0. The maximum Gasteiger partial charge on any atom is 0.262 e. The van der Waals surface area contributed by atoms with Gasteiger partial charge in [0.1, 0.15) is 6.04 Å². The summed E-state index contributed by atoms with van der Waals surface area (Å²) in [6, 6.07) is 11.7. The highest BCUT2D eigenvalue weighted by molar-refractivity contribution is 6.23. The van der Waals surface area contributed by atoms with E-state index in [0.29, 0.717) is 5.69 Å². The molecule has 2 aliphatic rings. The number of anilines is 2. The molecular formula is C20H17N3O4. The second-order valence-electron chi connectivity index (χ2n) is 6.70. The van der Waals surface area contributed by atoms with Crippen molar-refractivity contribution in [1.82, 2.24) is 10.2 Å². The molecule has 1 unspecified atom stereocenters. The zero-order valence-electron chi connectivity index (χ0n) is 14.6. The third kappa shape index (κ3) is 2.97. The Labute approximate surface area is 155 Å². The van der Waals surface area contributed by atoms with Crippen LogP contribution in [0.25, 0.3) is 0 Å². The molecule has 1 saturated heterocycles. The van der Waals surface area contributed by atoms with Gasteiger partial charge in [-0.1, -0.05) is 17.7 Å². The Hall–Kier alpha value is -3.48. The van der Waals surface area contributed by atoms with Crippen molar-refractivity contribution >= 4 is 35.0 Å². The summed E-state index contributed by atoms with van der Waals surface area (Å²) in [5.41, 5.74) is 3.18. The zero-order valence-corrected chi connectivity index (χ0v) is 14.6. The molecule has 0 bridgehead atoms. The first-order valence-electron chi connectivity index (χ1n) is 8.63. The molecule has 1 atom stereocenters. The molecule has 7 nitrogen and oxygen atoms in total. The first-order chi connectivity index (χ1) is 12.9. The van der Waals surface area contributed by atoms with E-state index in [4.69, 9.17) is 0 Å². The number of piperidine rings is 1. The van der Waals surface area contributed by atoms with Gasteiger partial charge in [-0.3, -0.25) is 29.4 Å². The lowest BCUT2D eigenvalue weighted by Crippen LogP contribution is -2.54. The standard InChI is InChI=1S/C20H17N3O4/c1-11-2-4-12(5-3-11)21-13-6-7-14-15(10-13)20(27)23(19(14)26)16-8-9-17(24)22-18(16)25/h2-7,10,16,21H,8-9H2,1H3,(H,22,24,25). The molecule has 27 heavy (non-hydrogen) atoms. The molecule has 2 aromatic rings. The molecule has 0 aromatic heterocycles. The summed E-state index contributed by atoms with van der Waals surface area (Å²) in [7, 11) is 0. The summed E-state index contributed by atoms with van der Waals surface area (Å²) in [4.78, 5) is 49.8. The van der Waals surface area contributed by atoms with E-state index in [9.17, 15) is 19.2 Å². The quantitative estimate of drug-likeness (QED) is 0.815. The lowest BCUT2D eigenvalue weighted by molar-refractivity contribution is -0.136. The van der Waals surface area contributed by atoms with E-state index in [1.54, 1.807) is 18.2 Å². The SMILES string of the molecule is Cc1ccc(Nc2ccc3c(c2)C(=O)N(C2CCC(=O)NC2=O)C3=O)cc1. The smallest absolute Gasteiger partial charge is 0.262 e. The largest absolute Gasteiger partial charge is 0.356 e. The number of imide groups is 2.